The van der Waals surface area contributed by atoms with Gasteiger partial charge in [0.2, 0.25) is 0 Å². The second kappa shape index (κ2) is 4.15. The Hall–Kier alpha value is -1.52. The van der Waals surface area contributed by atoms with E-state index in [0.29, 0.717) is 15.6 Å². The van der Waals surface area contributed by atoms with Crippen molar-refractivity contribution in [1.82, 2.24) is 5.16 Å². The van der Waals surface area contributed by atoms with Crippen LogP contribution in [0.3, 0.4) is 0 Å². The maximum atomic E-state index is 10.8. The highest BCUT2D eigenvalue weighted by molar-refractivity contribution is 6.42. The van der Waals surface area contributed by atoms with Gasteiger partial charge in [-0.15, -0.1) is 0 Å². The van der Waals surface area contributed by atoms with Crippen LogP contribution in [0.5, 0.6) is 0 Å². The van der Waals surface area contributed by atoms with Crippen molar-refractivity contribution in [3.63, 3.8) is 0 Å². The molecular formula is C10H5Cl2NO3. The number of carboxylic acids is 1. The number of nitrogens with zero attached hydrogens (tertiary/aromatic N) is 1. The van der Waals surface area contributed by atoms with Gasteiger partial charge >= 0.3 is 5.97 Å². The van der Waals surface area contributed by atoms with Crippen LogP contribution >= 0.6 is 23.2 Å². The second-order valence-electron chi connectivity index (χ2n) is 3.01. The smallest absolute Gasteiger partial charge is 0.341 e. The first-order valence-electron chi connectivity index (χ1n) is 4.22. The Bertz CT molecular complexity index is 551. The number of aromatic carboxylic acids is 1. The first-order chi connectivity index (χ1) is 7.59. The zero-order valence-corrected chi connectivity index (χ0v) is 9.29. The van der Waals surface area contributed by atoms with Crippen molar-refractivity contribution in [1.29, 1.82) is 0 Å². The molecule has 0 aliphatic heterocycles. The number of carboxylic acid groups (broad SMARTS) is 1. The van der Waals surface area contributed by atoms with Crippen LogP contribution in [0.15, 0.2) is 29.0 Å². The molecule has 0 amide bonds. The van der Waals surface area contributed by atoms with Gasteiger partial charge in [-0.25, -0.2) is 4.79 Å². The molecule has 4 nitrogen and oxygen atoms in total. The number of hydrogen-bond donors (Lipinski definition) is 1. The van der Waals surface area contributed by atoms with Crippen molar-refractivity contribution >= 4 is 29.2 Å². The maximum absolute atomic E-state index is 10.8. The fourth-order valence-electron chi connectivity index (χ4n) is 1.24. The van der Waals surface area contributed by atoms with Crippen LogP contribution in [0.25, 0.3) is 11.3 Å². The van der Waals surface area contributed by atoms with E-state index in [1.807, 2.05) is 0 Å². The molecule has 0 fully saturated rings. The second-order valence-corrected chi connectivity index (χ2v) is 3.83. The fourth-order valence-corrected chi connectivity index (χ4v) is 1.54. The van der Waals surface area contributed by atoms with Crippen LogP contribution in [0.1, 0.15) is 10.4 Å². The molecule has 0 saturated heterocycles. The highest BCUT2D eigenvalue weighted by atomic mass is 35.5. The average molecular weight is 258 g/mol. The SMILES string of the molecule is O=C(O)c1conc1-c1ccc(Cl)c(Cl)c1. The third kappa shape index (κ3) is 1.89. The average Bonchev–Trinajstić information content (AvgIpc) is 2.71. The molecule has 1 aromatic carbocycles. The zero-order chi connectivity index (χ0) is 11.7. The minimum Gasteiger partial charge on any atom is -0.477 e. The molecule has 2 rings (SSSR count). The van der Waals surface area contributed by atoms with E-state index in [1.54, 1.807) is 12.1 Å². The van der Waals surface area contributed by atoms with Gasteiger partial charge in [0.25, 0.3) is 0 Å². The summed E-state index contributed by atoms with van der Waals surface area (Å²) in [6.07, 6.45) is 1.07. The standard InChI is InChI=1S/C10H5Cl2NO3/c11-7-2-1-5(3-8(7)12)9-6(10(14)15)4-16-13-9/h1-4H,(H,14,15). The van der Waals surface area contributed by atoms with Crippen LogP contribution in [-0.4, -0.2) is 16.2 Å². The van der Waals surface area contributed by atoms with Crippen LogP contribution in [0, 0.1) is 0 Å². The van der Waals surface area contributed by atoms with Crippen LogP contribution < -0.4 is 0 Å². The van der Waals surface area contributed by atoms with E-state index < -0.39 is 5.97 Å². The number of hydrogen-bond acceptors (Lipinski definition) is 3. The first kappa shape index (κ1) is 11.0. The molecule has 16 heavy (non-hydrogen) atoms. The molecule has 0 saturated carbocycles. The van der Waals surface area contributed by atoms with Gasteiger partial charge in [0.15, 0.2) is 0 Å². The van der Waals surface area contributed by atoms with E-state index in [1.165, 1.54) is 6.07 Å². The Morgan fingerprint density at radius 1 is 1.31 bits per heavy atom. The zero-order valence-electron chi connectivity index (χ0n) is 7.78. The molecule has 6 heteroatoms. The van der Waals surface area contributed by atoms with Gasteiger partial charge in [-0.3, -0.25) is 0 Å². The summed E-state index contributed by atoms with van der Waals surface area (Å²) in [5.41, 5.74) is 0.755. The molecule has 0 unspecified atom stereocenters. The Balaban J connectivity index is 2.54. The van der Waals surface area contributed by atoms with Crippen molar-refractivity contribution in [2.24, 2.45) is 0 Å². The van der Waals surface area contributed by atoms with E-state index >= 15 is 0 Å². The van der Waals surface area contributed by atoms with Crippen molar-refractivity contribution < 1.29 is 14.4 Å². The Kier molecular flexibility index (Phi) is 2.85. The third-order valence-corrected chi connectivity index (χ3v) is 2.73. The molecule has 0 radical (unpaired) electrons. The lowest BCUT2D eigenvalue weighted by Crippen LogP contribution is -1.96. The van der Waals surface area contributed by atoms with Gasteiger partial charge < -0.3 is 9.63 Å². The monoisotopic (exact) mass is 257 g/mol. The summed E-state index contributed by atoms with van der Waals surface area (Å²) in [7, 11) is 0. The van der Waals surface area contributed by atoms with Crippen LogP contribution in [0.2, 0.25) is 10.0 Å². The largest absolute Gasteiger partial charge is 0.477 e. The molecule has 1 aromatic heterocycles. The van der Waals surface area contributed by atoms with Gasteiger partial charge in [0.05, 0.1) is 10.0 Å². The maximum Gasteiger partial charge on any atom is 0.341 e. The molecular weight excluding hydrogens is 253 g/mol. The summed E-state index contributed by atoms with van der Waals surface area (Å²) in [6, 6.07) is 4.73. The first-order valence-corrected chi connectivity index (χ1v) is 4.98. The molecule has 0 spiro atoms. The normalized spacial score (nSPS) is 10.4. The number of carbonyl (C=O) groups is 1. The van der Waals surface area contributed by atoms with Crippen molar-refractivity contribution in [2.75, 3.05) is 0 Å². The molecule has 82 valence electrons. The Labute approximate surface area is 100 Å². The van der Waals surface area contributed by atoms with Crippen LogP contribution in [-0.2, 0) is 0 Å². The molecule has 1 N–H and O–H groups in total. The quantitative estimate of drug-likeness (QED) is 0.897. The van der Waals surface area contributed by atoms with Crippen LogP contribution in [0.4, 0.5) is 0 Å². The lowest BCUT2D eigenvalue weighted by atomic mass is 10.1. The van der Waals surface area contributed by atoms with Gasteiger partial charge in [-0.2, -0.15) is 0 Å². The van der Waals surface area contributed by atoms with Crippen molar-refractivity contribution in [3.8, 4) is 11.3 Å². The Morgan fingerprint density at radius 3 is 2.69 bits per heavy atom. The topological polar surface area (TPSA) is 63.3 Å². The predicted molar refractivity (Wildman–Crippen MR) is 58.9 cm³/mol. The summed E-state index contributed by atoms with van der Waals surface area (Å²) in [5.74, 6) is -1.11. The highest BCUT2D eigenvalue weighted by Gasteiger charge is 2.16. The third-order valence-electron chi connectivity index (χ3n) is 1.99. The minimum atomic E-state index is -1.11. The summed E-state index contributed by atoms with van der Waals surface area (Å²) in [4.78, 5) is 10.8. The molecule has 0 bridgehead atoms. The molecule has 0 aliphatic carbocycles. The molecule has 1 heterocycles. The minimum absolute atomic E-state index is 0.0154. The van der Waals surface area contributed by atoms with Gasteiger partial charge in [-0.1, -0.05) is 34.4 Å². The van der Waals surface area contributed by atoms with E-state index in [2.05, 4.69) is 9.68 Å². The van der Waals surface area contributed by atoms with E-state index in [4.69, 9.17) is 28.3 Å². The number of benzene rings is 1. The van der Waals surface area contributed by atoms with Gasteiger partial charge in [0.1, 0.15) is 17.5 Å². The molecule has 0 aliphatic rings. The fraction of sp³-hybridized carbons (Fsp3) is 0. The highest BCUT2D eigenvalue weighted by Crippen LogP contribution is 2.29. The summed E-state index contributed by atoms with van der Waals surface area (Å²) >= 11 is 11.6. The summed E-state index contributed by atoms with van der Waals surface area (Å²) in [5, 5.41) is 13.2. The summed E-state index contributed by atoms with van der Waals surface area (Å²) in [6.45, 7) is 0. The molecule has 2 aromatic rings. The van der Waals surface area contributed by atoms with Crippen molar-refractivity contribution in [2.45, 2.75) is 0 Å². The number of aromatic nitrogens is 1. The van der Waals surface area contributed by atoms with Gasteiger partial charge in [0, 0.05) is 5.56 Å². The van der Waals surface area contributed by atoms with E-state index in [9.17, 15) is 4.79 Å². The predicted octanol–water partition coefficient (Wildman–Crippen LogP) is 3.35. The summed E-state index contributed by atoms with van der Waals surface area (Å²) < 4.78 is 4.62. The number of rotatable bonds is 2. The lowest BCUT2D eigenvalue weighted by Gasteiger charge is -2.00. The number of halogens is 2. The molecule has 0 atom stereocenters. The Morgan fingerprint density at radius 2 is 2.06 bits per heavy atom. The lowest BCUT2D eigenvalue weighted by molar-refractivity contribution is 0.0697. The van der Waals surface area contributed by atoms with Crippen molar-refractivity contribution in [3.05, 3.63) is 40.1 Å². The van der Waals surface area contributed by atoms with Gasteiger partial charge in [-0.05, 0) is 12.1 Å². The van der Waals surface area contributed by atoms with E-state index in [-0.39, 0.29) is 11.3 Å². The van der Waals surface area contributed by atoms with E-state index in [0.717, 1.165) is 6.26 Å².